The van der Waals surface area contributed by atoms with E-state index in [9.17, 15) is 0 Å². The minimum absolute atomic E-state index is 0. The molecule has 0 radical (unpaired) electrons. The van der Waals surface area contributed by atoms with Gasteiger partial charge in [0, 0.05) is 19.1 Å². The molecule has 18 heavy (non-hydrogen) atoms. The number of ether oxygens (including phenoxy) is 1. The second-order valence-electron chi connectivity index (χ2n) is 4.20. The predicted octanol–water partition coefficient (Wildman–Crippen LogP) is -0.326. The average Bonchev–Trinajstić information content (AvgIpc) is 2.34. The van der Waals surface area contributed by atoms with E-state index in [1.54, 1.807) is 0 Å². The molecule has 0 spiro atoms. The Morgan fingerprint density at radius 2 is 1.72 bits per heavy atom. The van der Waals surface area contributed by atoms with Gasteiger partial charge in [-0.05, 0) is 19.1 Å². The second kappa shape index (κ2) is 7.36. The zero-order valence-corrected chi connectivity index (χ0v) is 12.9. The van der Waals surface area contributed by atoms with Crippen molar-refractivity contribution in [2.45, 2.75) is 20.4 Å². The highest BCUT2D eigenvalue weighted by molar-refractivity contribution is 5.26. The summed E-state index contributed by atoms with van der Waals surface area (Å²) in [6.45, 7) is 5.75. The van der Waals surface area contributed by atoms with Crippen molar-refractivity contribution in [3.8, 4) is 5.75 Å². The Morgan fingerprint density at radius 1 is 1.00 bits per heavy atom. The van der Waals surface area contributed by atoms with Crippen LogP contribution in [-0.2, 0) is 6.54 Å². The van der Waals surface area contributed by atoms with Crippen LogP contribution in [0.4, 0.5) is 0 Å². The van der Waals surface area contributed by atoms with Gasteiger partial charge in [-0.15, -0.1) is 0 Å². The fraction of sp³-hybridized carbons (Fsp3) is 0.267. The lowest BCUT2D eigenvalue weighted by molar-refractivity contribution is -0.703. The molecule has 0 bridgehead atoms. The van der Waals surface area contributed by atoms with E-state index in [1.807, 2.05) is 24.3 Å². The summed E-state index contributed by atoms with van der Waals surface area (Å²) in [7, 11) is 0. The molecular formula is C15H18INO. The lowest BCUT2D eigenvalue weighted by Gasteiger charge is -2.05. The fourth-order valence-corrected chi connectivity index (χ4v) is 1.71. The molecule has 3 heteroatoms. The Kier molecular flexibility index (Phi) is 6.12. The van der Waals surface area contributed by atoms with Gasteiger partial charge in [-0.25, -0.2) is 0 Å². The van der Waals surface area contributed by atoms with Crippen LogP contribution >= 0.6 is 0 Å². The number of aromatic nitrogens is 1. The summed E-state index contributed by atoms with van der Waals surface area (Å²) >= 11 is 0. The van der Waals surface area contributed by atoms with Crippen LogP contribution in [0.15, 0.2) is 48.7 Å². The number of nitrogens with zero attached hydrogens (tertiary/aromatic N) is 1. The zero-order chi connectivity index (χ0) is 12.1. The lowest BCUT2D eigenvalue weighted by Crippen LogP contribution is -3.00. The predicted molar refractivity (Wildman–Crippen MR) is 68.0 cm³/mol. The molecule has 2 rings (SSSR count). The Balaban J connectivity index is 0.00000162. The number of aryl methyl sites for hydroxylation is 2. The summed E-state index contributed by atoms with van der Waals surface area (Å²) < 4.78 is 7.89. The molecule has 0 aliphatic carbocycles. The fourth-order valence-electron chi connectivity index (χ4n) is 1.71. The Bertz CT molecular complexity index is 482. The highest BCUT2D eigenvalue weighted by Gasteiger charge is 2.03. The molecule has 2 aromatic rings. The number of pyridine rings is 1. The standard InChI is InChI=1S/C15H18NO.HI/c1-13-6-8-15(9-7-13)17-12-11-16-10-4-3-5-14(16)2;/h3-10H,11-12H2,1-2H3;1H/q+1;/p-1. The third-order valence-corrected chi connectivity index (χ3v) is 2.79. The second-order valence-corrected chi connectivity index (χ2v) is 4.20. The molecule has 96 valence electrons. The topological polar surface area (TPSA) is 13.1 Å². The molecule has 0 unspecified atom stereocenters. The van der Waals surface area contributed by atoms with E-state index in [0.717, 1.165) is 12.3 Å². The van der Waals surface area contributed by atoms with Gasteiger partial charge in [0.2, 0.25) is 0 Å². The smallest absolute Gasteiger partial charge is 0.182 e. The summed E-state index contributed by atoms with van der Waals surface area (Å²) in [6.07, 6.45) is 2.08. The van der Waals surface area contributed by atoms with Gasteiger partial charge in [-0.1, -0.05) is 23.8 Å². The van der Waals surface area contributed by atoms with Crippen LogP contribution in [0, 0.1) is 13.8 Å². The van der Waals surface area contributed by atoms with E-state index in [1.165, 1.54) is 11.3 Å². The minimum atomic E-state index is 0. The molecule has 0 atom stereocenters. The van der Waals surface area contributed by atoms with E-state index < -0.39 is 0 Å². The molecule has 0 aliphatic rings. The molecule has 0 saturated heterocycles. The maximum absolute atomic E-state index is 5.70. The number of benzene rings is 1. The van der Waals surface area contributed by atoms with E-state index >= 15 is 0 Å². The number of hydrogen-bond donors (Lipinski definition) is 0. The molecule has 0 saturated carbocycles. The number of halogens is 1. The average molecular weight is 355 g/mol. The summed E-state index contributed by atoms with van der Waals surface area (Å²) in [6, 6.07) is 14.3. The van der Waals surface area contributed by atoms with Gasteiger partial charge < -0.3 is 28.7 Å². The lowest BCUT2D eigenvalue weighted by atomic mass is 10.2. The first-order chi connectivity index (χ1) is 8.25. The summed E-state index contributed by atoms with van der Waals surface area (Å²) in [5.74, 6) is 0.935. The van der Waals surface area contributed by atoms with Gasteiger partial charge in [-0.2, -0.15) is 4.57 Å². The zero-order valence-electron chi connectivity index (χ0n) is 10.8. The van der Waals surface area contributed by atoms with Crippen molar-refractivity contribution in [1.29, 1.82) is 0 Å². The first-order valence-electron chi connectivity index (χ1n) is 5.90. The van der Waals surface area contributed by atoms with Gasteiger partial charge in [-0.3, -0.25) is 0 Å². The van der Waals surface area contributed by atoms with Gasteiger partial charge in [0.05, 0.1) is 0 Å². The minimum Gasteiger partial charge on any atom is -1.00 e. The summed E-state index contributed by atoms with van der Waals surface area (Å²) in [5, 5.41) is 0. The molecule has 0 amide bonds. The Hall–Kier alpha value is -1.10. The highest BCUT2D eigenvalue weighted by Crippen LogP contribution is 2.10. The SMILES string of the molecule is Cc1ccc(OCC[n+]2ccccc2C)cc1.[I-]. The molecule has 1 heterocycles. The first-order valence-corrected chi connectivity index (χ1v) is 5.90. The van der Waals surface area contributed by atoms with Crippen LogP contribution in [0.2, 0.25) is 0 Å². The van der Waals surface area contributed by atoms with E-state index in [0.29, 0.717) is 6.61 Å². The molecular weight excluding hydrogens is 337 g/mol. The molecule has 1 aromatic carbocycles. The van der Waals surface area contributed by atoms with E-state index in [2.05, 4.69) is 42.8 Å². The van der Waals surface area contributed by atoms with Crippen molar-refractivity contribution in [2.75, 3.05) is 6.61 Å². The normalized spacial score (nSPS) is 9.67. The maximum Gasteiger partial charge on any atom is 0.182 e. The maximum atomic E-state index is 5.70. The Morgan fingerprint density at radius 3 is 2.39 bits per heavy atom. The first kappa shape index (κ1) is 15.0. The monoisotopic (exact) mass is 355 g/mol. The molecule has 1 aromatic heterocycles. The third-order valence-electron chi connectivity index (χ3n) is 2.79. The van der Waals surface area contributed by atoms with Crippen molar-refractivity contribution in [1.82, 2.24) is 0 Å². The van der Waals surface area contributed by atoms with Gasteiger partial charge in [0.25, 0.3) is 0 Å². The van der Waals surface area contributed by atoms with Crippen LogP contribution in [0.3, 0.4) is 0 Å². The van der Waals surface area contributed by atoms with Crippen LogP contribution in [0.25, 0.3) is 0 Å². The quantitative estimate of drug-likeness (QED) is 0.541. The van der Waals surface area contributed by atoms with Crippen molar-refractivity contribution >= 4 is 0 Å². The Labute approximate surface area is 126 Å². The van der Waals surface area contributed by atoms with Gasteiger partial charge in [0.1, 0.15) is 12.4 Å². The van der Waals surface area contributed by atoms with Gasteiger partial charge >= 0.3 is 0 Å². The summed E-state index contributed by atoms with van der Waals surface area (Å²) in [5.41, 5.74) is 2.51. The van der Waals surface area contributed by atoms with Crippen LogP contribution in [0.5, 0.6) is 5.75 Å². The largest absolute Gasteiger partial charge is 1.00 e. The van der Waals surface area contributed by atoms with Crippen molar-refractivity contribution in [3.63, 3.8) is 0 Å². The highest BCUT2D eigenvalue weighted by atomic mass is 127. The van der Waals surface area contributed by atoms with Crippen LogP contribution in [-0.4, -0.2) is 6.61 Å². The number of hydrogen-bond acceptors (Lipinski definition) is 1. The van der Waals surface area contributed by atoms with Crippen LogP contribution in [0.1, 0.15) is 11.3 Å². The van der Waals surface area contributed by atoms with Crippen LogP contribution < -0.4 is 33.3 Å². The van der Waals surface area contributed by atoms with Crippen molar-refractivity contribution in [3.05, 3.63) is 59.9 Å². The number of rotatable bonds is 4. The molecule has 2 nitrogen and oxygen atoms in total. The molecule has 0 fully saturated rings. The molecule has 0 aliphatic heterocycles. The molecule has 0 N–H and O–H groups in total. The van der Waals surface area contributed by atoms with E-state index in [4.69, 9.17) is 4.74 Å². The van der Waals surface area contributed by atoms with Crippen molar-refractivity contribution in [2.24, 2.45) is 0 Å². The summed E-state index contributed by atoms with van der Waals surface area (Å²) in [4.78, 5) is 0. The van der Waals surface area contributed by atoms with Gasteiger partial charge in [0.15, 0.2) is 18.4 Å². The third kappa shape index (κ3) is 4.29. The van der Waals surface area contributed by atoms with Crippen molar-refractivity contribution < 1.29 is 33.3 Å². The van der Waals surface area contributed by atoms with E-state index in [-0.39, 0.29) is 24.0 Å².